The molecule has 3 N–H and O–H groups in total. The molecule has 3 aromatic rings. The first-order valence-corrected chi connectivity index (χ1v) is 5.72. The number of anilines is 1. The van der Waals surface area contributed by atoms with Crippen LogP contribution in [0.25, 0.3) is 22.8 Å². The summed E-state index contributed by atoms with van der Waals surface area (Å²) < 4.78 is 5.16. The zero-order valence-electron chi connectivity index (χ0n) is 9.95. The Balaban J connectivity index is 2.04. The minimum atomic E-state index is 0.0532. The maximum atomic E-state index is 9.78. The number of hydrogen-bond donors (Lipinski definition) is 2. The first-order valence-electron chi connectivity index (χ1n) is 5.72. The van der Waals surface area contributed by atoms with Crippen LogP contribution in [0.4, 0.5) is 5.69 Å². The number of benzene rings is 2. The summed E-state index contributed by atoms with van der Waals surface area (Å²) in [5.41, 5.74) is 7.48. The van der Waals surface area contributed by atoms with Gasteiger partial charge in [-0.1, -0.05) is 35.5 Å². The van der Waals surface area contributed by atoms with Gasteiger partial charge in [-0.25, -0.2) is 0 Å². The van der Waals surface area contributed by atoms with Gasteiger partial charge in [0.05, 0.1) is 5.56 Å². The van der Waals surface area contributed by atoms with E-state index in [4.69, 9.17) is 10.3 Å². The predicted molar refractivity (Wildman–Crippen MR) is 71.2 cm³/mol. The highest BCUT2D eigenvalue weighted by Gasteiger charge is 2.14. The molecule has 5 heteroatoms. The summed E-state index contributed by atoms with van der Waals surface area (Å²) in [6.45, 7) is 0. The lowest BCUT2D eigenvalue weighted by molar-refractivity contribution is 0.426. The van der Waals surface area contributed by atoms with Crippen molar-refractivity contribution in [3.05, 3.63) is 48.5 Å². The van der Waals surface area contributed by atoms with E-state index in [9.17, 15) is 5.11 Å². The Morgan fingerprint density at radius 2 is 1.84 bits per heavy atom. The molecular formula is C14H11N3O2. The van der Waals surface area contributed by atoms with Crippen molar-refractivity contribution in [3.63, 3.8) is 0 Å². The first-order chi connectivity index (χ1) is 9.24. The fourth-order valence-electron chi connectivity index (χ4n) is 1.76. The Morgan fingerprint density at radius 3 is 2.63 bits per heavy atom. The minimum Gasteiger partial charge on any atom is -0.507 e. The summed E-state index contributed by atoms with van der Waals surface area (Å²) in [6.07, 6.45) is 0. The molecule has 0 spiro atoms. The summed E-state index contributed by atoms with van der Waals surface area (Å²) in [5, 5.41) is 13.7. The average Bonchev–Trinajstić information content (AvgIpc) is 2.92. The summed E-state index contributed by atoms with van der Waals surface area (Å²) in [6, 6.07) is 14.2. The standard InChI is InChI=1S/C14H11N3O2/c15-10-6-7-12(18)11(8-10)14-16-13(17-19-14)9-4-2-1-3-5-9/h1-8,18H,15H2. The second-order valence-electron chi connectivity index (χ2n) is 4.07. The Bertz CT molecular complexity index is 708. The van der Waals surface area contributed by atoms with E-state index in [2.05, 4.69) is 10.1 Å². The highest BCUT2D eigenvalue weighted by Crippen LogP contribution is 2.30. The van der Waals surface area contributed by atoms with E-state index in [-0.39, 0.29) is 11.6 Å². The summed E-state index contributed by atoms with van der Waals surface area (Å²) in [7, 11) is 0. The lowest BCUT2D eigenvalue weighted by Crippen LogP contribution is -1.86. The van der Waals surface area contributed by atoms with Crippen LogP contribution in [0.15, 0.2) is 53.1 Å². The van der Waals surface area contributed by atoms with Gasteiger partial charge in [0.25, 0.3) is 5.89 Å². The van der Waals surface area contributed by atoms with Crippen LogP contribution in [0.5, 0.6) is 5.75 Å². The molecule has 0 saturated heterocycles. The Labute approximate surface area is 109 Å². The van der Waals surface area contributed by atoms with Crippen LogP contribution in [0.2, 0.25) is 0 Å². The molecule has 94 valence electrons. The van der Waals surface area contributed by atoms with Gasteiger partial charge in [0.1, 0.15) is 5.75 Å². The molecule has 19 heavy (non-hydrogen) atoms. The van der Waals surface area contributed by atoms with Gasteiger partial charge in [0.15, 0.2) is 0 Å². The summed E-state index contributed by atoms with van der Waals surface area (Å²) in [4.78, 5) is 4.26. The molecule has 1 aromatic heterocycles. The number of phenols is 1. The third-order valence-corrected chi connectivity index (χ3v) is 2.71. The minimum absolute atomic E-state index is 0.0532. The summed E-state index contributed by atoms with van der Waals surface area (Å²) >= 11 is 0. The van der Waals surface area contributed by atoms with E-state index in [0.29, 0.717) is 17.1 Å². The van der Waals surface area contributed by atoms with Gasteiger partial charge in [-0.15, -0.1) is 0 Å². The van der Waals surface area contributed by atoms with E-state index in [1.54, 1.807) is 12.1 Å². The van der Waals surface area contributed by atoms with Gasteiger partial charge >= 0.3 is 0 Å². The van der Waals surface area contributed by atoms with Gasteiger partial charge in [0.2, 0.25) is 5.82 Å². The van der Waals surface area contributed by atoms with Crippen molar-refractivity contribution in [1.29, 1.82) is 0 Å². The Kier molecular flexibility index (Phi) is 2.64. The van der Waals surface area contributed by atoms with E-state index in [1.807, 2.05) is 30.3 Å². The highest BCUT2D eigenvalue weighted by molar-refractivity contribution is 5.68. The third-order valence-electron chi connectivity index (χ3n) is 2.71. The second kappa shape index (κ2) is 4.45. The van der Waals surface area contributed by atoms with E-state index in [0.717, 1.165) is 5.56 Å². The normalized spacial score (nSPS) is 10.5. The molecule has 0 atom stereocenters. The fourth-order valence-corrected chi connectivity index (χ4v) is 1.76. The maximum Gasteiger partial charge on any atom is 0.262 e. The number of phenolic OH excluding ortho intramolecular Hbond substituents is 1. The largest absolute Gasteiger partial charge is 0.507 e. The molecule has 0 bridgehead atoms. The molecule has 0 aliphatic heterocycles. The third kappa shape index (κ3) is 2.13. The van der Waals surface area contributed by atoms with Crippen LogP contribution >= 0.6 is 0 Å². The van der Waals surface area contributed by atoms with Crippen molar-refractivity contribution < 1.29 is 9.63 Å². The van der Waals surface area contributed by atoms with Crippen molar-refractivity contribution in [2.45, 2.75) is 0 Å². The van der Waals surface area contributed by atoms with Crippen LogP contribution in [0.3, 0.4) is 0 Å². The number of aromatic hydroxyl groups is 1. The number of rotatable bonds is 2. The smallest absolute Gasteiger partial charge is 0.262 e. The Morgan fingerprint density at radius 1 is 1.05 bits per heavy atom. The van der Waals surface area contributed by atoms with Gasteiger partial charge < -0.3 is 15.4 Å². The number of nitrogens with two attached hydrogens (primary N) is 1. The fraction of sp³-hybridized carbons (Fsp3) is 0. The molecular weight excluding hydrogens is 242 g/mol. The number of nitrogen functional groups attached to an aromatic ring is 1. The first kappa shape index (κ1) is 11.3. The monoisotopic (exact) mass is 253 g/mol. The zero-order chi connectivity index (χ0) is 13.2. The van der Waals surface area contributed by atoms with Gasteiger partial charge in [0, 0.05) is 11.3 Å². The molecule has 0 aliphatic carbocycles. The molecule has 0 unspecified atom stereocenters. The van der Waals surface area contributed by atoms with Crippen LogP contribution in [0.1, 0.15) is 0 Å². The van der Waals surface area contributed by atoms with E-state index < -0.39 is 0 Å². The SMILES string of the molecule is Nc1ccc(O)c(-c2nc(-c3ccccc3)no2)c1. The number of hydrogen-bond acceptors (Lipinski definition) is 5. The van der Waals surface area contributed by atoms with Gasteiger partial charge in [-0.05, 0) is 18.2 Å². The van der Waals surface area contributed by atoms with Crippen LogP contribution < -0.4 is 5.73 Å². The quantitative estimate of drug-likeness (QED) is 0.541. The van der Waals surface area contributed by atoms with Crippen molar-refractivity contribution in [2.75, 3.05) is 5.73 Å². The lowest BCUT2D eigenvalue weighted by Gasteiger charge is -1.99. The van der Waals surface area contributed by atoms with Gasteiger partial charge in [-0.3, -0.25) is 0 Å². The molecule has 0 amide bonds. The van der Waals surface area contributed by atoms with Crippen molar-refractivity contribution >= 4 is 5.69 Å². The van der Waals surface area contributed by atoms with Crippen molar-refractivity contribution in [2.24, 2.45) is 0 Å². The molecule has 5 nitrogen and oxygen atoms in total. The summed E-state index contributed by atoms with van der Waals surface area (Å²) in [5.74, 6) is 0.763. The molecule has 0 saturated carbocycles. The van der Waals surface area contributed by atoms with Crippen LogP contribution in [-0.4, -0.2) is 15.2 Å². The molecule has 0 radical (unpaired) electrons. The number of nitrogens with zero attached hydrogens (tertiary/aromatic N) is 2. The van der Waals surface area contributed by atoms with E-state index >= 15 is 0 Å². The van der Waals surface area contributed by atoms with Crippen LogP contribution in [-0.2, 0) is 0 Å². The highest BCUT2D eigenvalue weighted by atomic mass is 16.5. The molecule has 3 rings (SSSR count). The predicted octanol–water partition coefficient (Wildman–Crippen LogP) is 2.69. The number of aromatic nitrogens is 2. The second-order valence-corrected chi connectivity index (χ2v) is 4.07. The average molecular weight is 253 g/mol. The molecule has 0 fully saturated rings. The molecule has 1 heterocycles. The maximum absolute atomic E-state index is 9.78. The van der Waals surface area contributed by atoms with Crippen molar-refractivity contribution in [3.8, 4) is 28.6 Å². The zero-order valence-corrected chi connectivity index (χ0v) is 9.95. The molecule has 0 aliphatic rings. The Hall–Kier alpha value is -2.82. The van der Waals surface area contributed by atoms with E-state index in [1.165, 1.54) is 6.07 Å². The molecule has 2 aromatic carbocycles. The van der Waals surface area contributed by atoms with Crippen LogP contribution in [0, 0.1) is 0 Å². The van der Waals surface area contributed by atoms with Crippen molar-refractivity contribution in [1.82, 2.24) is 10.1 Å². The van der Waals surface area contributed by atoms with Gasteiger partial charge in [-0.2, -0.15) is 4.98 Å². The lowest BCUT2D eigenvalue weighted by atomic mass is 10.1. The topological polar surface area (TPSA) is 85.2 Å².